The number of nitrogens with zero attached hydrogens (tertiary/aromatic N) is 2. The molecule has 4 heteroatoms. The summed E-state index contributed by atoms with van der Waals surface area (Å²) >= 11 is 0. The van der Waals surface area contributed by atoms with E-state index in [-0.39, 0.29) is 5.82 Å². The minimum Gasteiger partial charge on any atom is -0.317 e. The number of benzene rings is 1. The summed E-state index contributed by atoms with van der Waals surface area (Å²) in [6, 6.07) is 6.70. The van der Waals surface area contributed by atoms with E-state index < -0.39 is 0 Å². The van der Waals surface area contributed by atoms with Crippen LogP contribution in [-0.4, -0.2) is 22.9 Å². The van der Waals surface area contributed by atoms with Crippen LogP contribution in [0.25, 0.3) is 0 Å². The molecule has 2 aromatic rings. The average Bonchev–Trinajstić information content (AvgIpc) is 2.66. The first-order chi connectivity index (χ1) is 9.61. The topological polar surface area (TPSA) is 29.9 Å². The van der Waals surface area contributed by atoms with Crippen molar-refractivity contribution < 1.29 is 4.39 Å². The minimum absolute atomic E-state index is 0.198. The molecule has 2 rings (SSSR count). The van der Waals surface area contributed by atoms with E-state index in [0.29, 0.717) is 6.54 Å². The summed E-state index contributed by atoms with van der Waals surface area (Å²) in [4.78, 5) is 0. The molecular weight excluding hydrogens is 253 g/mol. The van der Waals surface area contributed by atoms with Crippen LogP contribution in [0, 0.1) is 19.7 Å². The number of aryl methyl sites for hydroxylation is 1. The van der Waals surface area contributed by atoms with Crippen molar-refractivity contribution in [3.63, 3.8) is 0 Å². The lowest BCUT2D eigenvalue weighted by atomic mass is 10.1. The fourth-order valence-corrected chi connectivity index (χ4v) is 2.45. The number of rotatable bonds is 6. The Kier molecular flexibility index (Phi) is 4.90. The SMILES string of the molecule is CCNCCc1c(C)nn(Cc2cccc(F)c2)c1C. The van der Waals surface area contributed by atoms with Crippen molar-refractivity contribution in [3.05, 3.63) is 52.6 Å². The zero-order valence-electron chi connectivity index (χ0n) is 12.4. The molecule has 1 N–H and O–H groups in total. The van der Waals surface area contributed by atoms with E-state index in [1.54, 1.807) is 12.1 Å². The number of hydrogen-bond acceptors (Lipinski definition) is 2. The van der Waals surface area contributed by atoms with Crippen LogP contribution in [0.2, 0.25) is 0 Å². The number of hydrogen-bond donors (Lipinski definition) is 1. The zero-order valence-corrected chi connectivity index (χ0v) is 12.4. The van der Waals surface area contributed by atoms with Gasteiger partial charge in [-0.1, -0.05) is 19.1 Å². The van der Waals surface area contributed by atoms with Crippen molar-refractivity contribution in [2.75, 3.05) is 13.1 Å². The third kappa shape index (κ3) is 3.45. The van der Waals surface area contributed by atoms with Crippen molar-refractivity contribution in [1.82, 2.24) is 15.1 Å². The number of aromatic nitrogens is 2. The first-order valence-corrected chi connectivity index (χ1v) is 7.10. The maximum absolute atomic E-state index is 13.2. The lowest BCUT2D eigenvalue weighted by Crippen LogP contribution is -2.16. The van der Waals surface area contributed by atoms with Crippen molar-refractivity contribution in [1.29, 1.82) is 0 Å². The third-order valence-electron chi connectivity index (χ3n) is 3.55. The maximum atomic E-state index is 13.2. The Balaban J connectivity index is 2.15. The van der Waals surface area contributed by atoms with E-state index in [1.807, 2.05) is 17.7 Å². The van der Waals surface area contributed by atoms with Gasteiger partial charge in [-0.2, -0.15) is 5.10 Å². The van der Waals surface area contributed by atoms with Crippen molar-refractivity contribution in [2.45, 2.75) is 33.7 Å². The maximum Gasteiger partial charge on any atom is 0.123 e. The molecule has 0 amide bonds. The molecule has 0 aliphatic heterocycles. The van der Waals surface area contributed by atoms with Gasteiger partial charge in [0.05, 0.1) is 12.2 Å². The summed E-state index contributed by atoms with van der Waals surface area (Å²) in [5.74, 6) is -0.198. The van der Waals surface area contributed by atoms with Gasteiger partial charge in [0, 0.05) is 5.69 Å². The van der Waals surface area contributed by atoms with Gasteiger partial charge in [0.2, 0.25) is 0 Å². The number of nitrogens with one attached hydrogen (secondary N) is 1. The molecule has 0 radical (unpaired) electrons. The Labute approximate surface area is 119 Å². The molecule has 3 nitrogen and oxygen atoms in total. The van der Waals surface area contributed by atoms with Gasteiger partial charge in [-0.15, -0.1) is 0 Å². The van der Waals surface area contributed by atoms with Gasteiger partial charge >= 0.3 is 0 Å². The third-order valence-corrected chi connectivity index (χ3v) is 3.55. The Hall–Kier alpha value is -1.68. The number of likely N-dealkylation sites (N-methyl/N-ethyl adjacent to an activating group) is 1. The standard InChI is InChI=1S/C16H22FN3/c1-4-18-9-8-16-12(2)19-20(13(16)3)11-14-6-5-7-15(17)10-14/h5-7,10,18H,4,8-9,11H2,1-3H3. The van der Waals surface area contributed by atoms with Crippen LogP contribution in [0.3, 0.4) is 0 Å². The van der Waals surface area contributed by atoms with Crippen LogP contribution in [0.15, 0.2) is 24.3 Å². The second-order valence-corrected chi connectivity index (χ2v) is 5.04. The van der Waals surface area contributed by atoms with Crippen LogP contribution in [0.4, 0.5) is 4.39 Å². The first-order valence-electron chi connectivity index (χ1n) is 7.10. The van der Waals surface area contributed by atoms with Gasteiger partial charge in [0.15, 0.2) is 0 Å². The summed E-state index contributed by atoms with van der Waals surface area (Å²) in [5.41, 5.74) is 4.47. The molecule has 0 aliphatic carbocycles. The van der Waals surface area contributed by atoms with E-state index in [2.05, 4.69) is 24.3 Å². The molecule has 0 saturated carbocycles. The monoisotopic (exact) mass is 275 g/mol. The highest BCUT2D eigenvalue weighted by Gasteiger charge is 2.11. The van der Waals surface area contributed by atoms with Crippen molar-refractivity contribution >= 4 is 0 Å². The molecule has 0 atom stereocenters. The Morgan fingerprint density at radius 3 is 2.80 bits per heavy atom. The van der Waals surface area contributed by atoms with Crippen molar-refractivity contribution in [2.24, 2.45) is 0 Å². The smallest absolute Gasteiger partial charge is 0.123 e. The molecule has 0 spiro atoms. The van der Waals surface area contributed by atoms with E-state index in [9.17, 15) is 4.39 Å². The van der Waals surface area contributed by atoms with Crippen LogP contribution < -0.4 is 5.32 Å². The molecule has 1 heterocycles. The van der Waals surface area contributed by atoms with Gasteiger partial charge in [0.25, 0.3) is 0 Å². The molecule has 0 bridgehead atoms. The fourth-order valence-electron chi connectivity index (χ4n) is 2.45. The average molecular weight is 275 g/mol. The second kappa shape index (κ2) is 6.66. The van der Waals surface area contributed by atoms with E-state index >= 15 is 0 Å². The summed E-state index contributed by atoms with van der Waals surface area (Å²) in [6.45, 7) is 8.79. The van der Waals surface area contributed by atoms with E-state index in [1.165, 1.54) is 17.3 Å². The first kappa shape index (κ1) is 14.7. The quantitative estimate of drug-likeness (QED) is 0.822. The van der Waals surface area contributed by atoms with Crippen molar-refractivity contribution in [3.8, 4) is 0 Å². The van der Waals surface area contributed by atoms with Crippen LogP contribution in [0.1, 0.15) is 29.4 Å². The molecule has 1 aromatic carbocycles. The molecule has 0 saturated heterocycles. The van der Waals surface area contributed by atoms with Crippen LogP contribution in [-0.2, 0) is 13.0 Å². The predicted molar refractivity (Wildman–Crippen MR) is 79.5 cm³/mol. The molecular formula is C16H22FN3. The molecule has 20 heavy (non-hydrogen) atoms. The summed E-state index contributed by atoms with van der Waals surface area (Å²) in [7, 11) is 0. The lowest BCUT2D eigenvalue weighted by molar-refractivity contribution is 0.615. The molecule has 0 aliphatic rings. The van der Waals surface area contributed by atoms with Gasteiger partial charge in [-0.05, 0) is 56.6 Å². The molecule has 0 fully saturated rings. The van der Waals surface area contributed by atoms with E-state index in [0.717, 1.165) is 30.8 Å². The van der Waals surface area contributed by atoms with Gasteiger partial charge in [0.1, 0.15) is 5.82 Å². The van der Waals surface area contributed by atoms with E-state index in [4.69, 9.17) is 0 Å². The summed E-state index contributed by atoms with van der Waals surface area (Å²) < 4.78 is 15.2. The molecule has 0 unspecified atom stereocenters. The predicted octanol–water partition coefficient (Wildman–Crippen LogP) is 2.84. The Bertz CT molecular complexity index is 575. The highest BCUT2D eigenvalue weighted by atomic mass is 19.1. The van der Waals surface area contributed by atoms with Crippen LogP contribution >= 0.6 is 0 Å². The fraction of sp³-hybridized carbons (Fsp3) is 0.438. The minimum atomic E-state index is -0.198. The number of halogens is 1. The molecule has 108 valence electrons. The highest BCUT2D eigenvalue weighted by Crippen LogP contribution is 2.15. The summed E-state index contributed by atoms with van der Waals surface area (Å²) in [6.07, 6.45) is 0.981. The second-order valence-electron chi connectivity index (χ2n) is 5.04. The Morgan fingerprint density at radius 2 is 2.10 bits per heavy atom. The Morgan fingerprint density at radius 1 is 1.30 bits per heavy atom. The summed E-state index contributed by atoms with van der Waals surface area (Å²) in [5, 5.41) is 7.91. The largest absolute Gasteiger partial charge is 0.317 e. The highest BCUT2D eigenvalue weighted by molar-refractivity contribution is 5.26. The normalized spacial score (nSPS) is 11.0. The lowest BCUT2D eigenvalue weighted by Gasteiger charge is -2.06. The molecule has 1 aromatic heterocycles. The van der Waals surface area contributed by atoms with Gasteiger partial charge < -0.3 is 5.32 Å². The zero-order chi connectivity index (χ0) is 14.5. The van der Waals surface area contributed by atoms with Gasteiger partial charge in [-0.3, -0.25) is 4.68 Å². The van der Waals surface area contributed by atoms with Crippen LogP contribution in [0.5, 0.6) is 0 Å². The van der Waals surface area contributed by atoms with Gasteiger partial charge in [-0.25, -0.2) is 4.39 Å².